The molecule has 1 amide bonds. The number of para-hydroxylation sites is 1. The number of rotatable bonds is 6. The van der Waals surface area contributed by atoms with E-state index in [0.717, 1.165) is 45.4 Å². The minimum absolute atomic E-state index is 0.0142. The van der Waals surface area contributed by atoms with Crippen LogP contribution < -0.4 is 15.1 Å². The van der Waals surface area contributed by atoms with Crippen molar-refractivity contribution < 1.29 is 9.59 Å². The fourth-order valence-corrected chi connectivity index (χ4v) is 7.92. The Morgan fingerprint density at radius 3 is 2.26 bits per heavy atom. The van der Waals surface area contributed by atoms with Crippen LogP contribution in [-0.4, -0.2) is 62.5 Å². The number of hydrogen-bond donors (Lipinski definition) is 1. The van der Waals surface area contributed by atoms with Gasteiger partial charge in [0.2, 0.25) is 5.91 Å². The van der Waals surface area contributed by atoms with Crippen molar-refractivity contribution in [1.29, 1.82) is 0 Å². The molecular weight excluding hydrogens is 504 g/mol. The third-order valence-electron chi connectivity index (χ3n) is 8.48. The van der Waals surface area contributed by atoms with E-state index in [0.29, 0.717) is 0 Å². The highest BCUT2D eigenvalue weighted by Gasteiger charge is 2.69. The van der Waals surface area contributed by atoms with Crippen molar-refractivity contribution in [3.8, 4) is 0 Å². The SMILES string of the molecule is CN(C)c1ccc(/C=C/C(=O)[C@@H]2[C@@H](c3ccc(N(C)C)cc3)[C@@H]3CSCN3C23C(=O)Nc2ccccc23)cc1. The van der Waals surface area contributed by atoms with E-state index in [-0.39, 0.29) is 23.7 Å². The van der Waals surface area contributed by atoms with Crippen LogP contribution >= 0.6 is 11.8 Å². The van der Waals surface area contributed by atoms with E-state index in [9.17, 15) is 9.59 Å². The van der Waals surface area contributed by atoms with Crippen molar-refractivity contribution in [2.24, 2.45) is 5.92 Å². The van der Waals surface area contributed by atoms with E-state index in [1.165, 1.54) is 0 Å². The molecule has 0 bridgehead atoms. The van der Waals surface area contributed by atoms with E-state index in [2.05, 4.69) is 44.3 Å². The van der Waals surface area contributed by atoms with Gasteiger partial charge in [-0.1, -0.05) is 48.5 Å². The molecule has 3 heterocycles. The van der Waals surface area contributed by atoms with Crippen LogP contribution in [0.1, 0.15) is 22.6 Å². The largest absolute Gasteiger partial charge is 0.378 e. The van der Waals surface area contributed by atoms with Crippen LogP contribution in [0, 0.1) is 5.92 Å². The Labute approximate surface area is 234 Å². The Morgan fingerprint density at radius 2 is 1.59 bits per heavy atom. The van der Waals surface area contributed by atoms with Crippen molar-refractivity contribution in [2.45, 2.75) is 17.5 Å². The second-order valence-electron chi connectivity index (χ2n) is 11.0. The minimum atomic E-state index is -1.04. The van der Waals surface area contributed by atoms with Gasteiger partial charge in [-0.3, -0.25) is 14.5 Å². The summed E-state index contributed by atoms with van der Waals surface area (Å²) >= 11 is 1.84. The molecule has 1 spiro atoms. The second kappa shape index (κ2) is 9.88. The molecule has 2 saturated heterocycles. The molecule has 3 aliphatic rings. The van der Waals surface area contributed by atoms with Gasteiger partial charge in [-0.05, 0) is 47.5 Å². The first-order valence-electron chi connectivity index (χ1n) is 13.3. The lowest BCUT2D eigenvalue weighted by Crippen LogP contribution is -2.52. The Morgan fingerprint density at radius 1 is 0.949 bits per heavy atom. The van der Waals surface area contributed by atoms with Gasteiger partial charge in [0.05, 0.1) is 5.92 Å². The molecule has 7 heteroatoms. The highest BCUT2D eigenvalue weighted by Crippen LogP contribution is 2.61. The zero-order chi connectivity index (χ0) is 27.3. The van der Waals surface area contributed by atoms with Crippen molar-refractivity contribution in [3.63, 3.8) is 0 Å². The number of fused-ring (bicyclic) bond motifs is 4. The number of ketones is 1. The number of thioether (sulfide) groups is 1. The fourth-order valence-electron chi connectivity index (χ4n) is 6.60. The highest BCUT2D eigenvalue weighted by molar-refractivity contribution is 7.99. The number of carbonyl (C=O) groups excluding carboxylic acids is 2. The number of hydrogen-bond acceptors (Lipinski definition) is 6. The van der Waals surface area contributed by atoms with Crippen molar-refractivity contribution in [3.05, 3.63) is 95.6 Å². The number of nitrogens with one attached hydrogen (secondary N) is 1. The molecule has 3 aliphatic heterocycles. The molecule has 200 valence electrons. The molecule has 39 heavy (non-hydrogen) atoms. The Bertz CT molecular complexity index is 1430. The molecule has 0 aromatic heterocycles. The quantitative estimate of drug-likeness (QED) is 0.444. The van der Waals surface area contributed by atoms with Crippen LogP contribution in [-0.2, 0) is 15.1 Å². The van der Waals surface area contributed by atoms with Gasteiger partial charge in [0.15, 0.2) is 5.78 Å². The first-order valence-corrected chi connectivity index (χ1v) is 14.5. The molecule has 0 radical (unpaired) electrons. The predicted octanol–water partition coefficient (Wildman–Crippen LogP) is 5.04. The molecule has 4 atom stereocenters. The lowest BCUT2D eigenvalue weighted by Gasteiger charge is -2.36. The van der Waals surface area contributed by atoms with E-state index < -0.39 is 11.5 Å². The summed E-state index contributed by atoms with van der Waals surface area (Å²) in [5.41, 5.74) is 4.96. The normalized spacial score (nSPS) is 25.6. The average molecular weight is 539 g/mol. The van der Waals surface area contributed by atoms with E-state index in [1.54, 1.807) is 6.08 Å². The second-order valence-corrected chi connectivity index (χ2v) is 12.0. The molecule has 1 unspecified atom stereocenters. The maximum absolute atomic E-state index is 14.4. The summed E-state index contributed by atoms with van der Waals surface area (Å²) in [5.74, 6) is 0.843. The predicted molar refractivity (Wildman–Crippen MR) is 162 cm³/mol. The molecule has 0 aliphatic carbocycles. The highest BCUT2D eigenvalue weighted by atomic mass is 32.2. The van der Waals surface area contributed by atoms with Gasteiger partial charge in [-0.2, -0.15) is 0 Å². The lowest BCUT2D eigenvalue weighted by atomic mass is 9.70. The number of anilines is 3. The third kappa shape index (κ3) is 4.07. The molecule has 6 nitrogen and oxygen atoms in total. The first-order chi connectivity index (χ1) is 18.8. The molecule has 0 saturated carbocycles. The Kier molecular flexibility index (Phi) is 6.52. The van der Waals surface area contributed by atoms with Gasteiger partial charge in [0.1, 0.15) is 5.54 Å². The van der Waals surface area contributed by atoms with Gasteiger partial charge in [-0.25, -0.2) is 0 Å². The van der Waals surface area contributed by atoms with Gasteiger partial charge in [0, 0.05) is 74.4 Å². The average Bonchev–Trinajstić information content (AvgIpc) is 3.60. The van der Waals surface area contributed by atoms with Gasteiger partial charge in [-0.15, -0.1) is 11.8 Å². The zero-order valence-corrected chi connectivity index (χ0v) is 23.6. The van der Waals surface area contributed by atoms with Crippen LogP contribution in [0.4, 0.5) is 17.1 Å². The summed E-state index contributed by atoms with van der Waals surface area (Å²) in [5, 5.41) is 3.14. The molecule has 3 aromatic rings. The van der Waals surface area contributed by atoms with Crippen molar-refractivity contribution in [2.75, 3.05) is 54.9 Å². The maximum atomic E-state index is 14.4. The summed E-state index contributed by atoms with van der Waals surface area (Å²) in [6, 6.07) is 24.6. The third-order valence-corrected chi connectivity index (χ3v) is 9.52. The summed E-state index contributed by atoms with van der Waals surface area (Å²) in [4.78, 5) is 34.9. The summed E-state index contributed by atoms with van der Waals surface area (Å²) < 4.78 is 0. The Hall–Kier alpha value is -3.55. The molecule has 1 N–H and O–H groups in total. The van der Waals surface area contributed by atoms with Crippen LogP contribution in [0.25, 0.3) is 6.08 Å². The Balaban J connectivity index is 1.47. The standard InChI is InChI=1S/C32H34N4O2S/c1-34(2)23-14-9-21(10-15-23)11-18-28(37)30-29(22-12-16-24(17-13-22)35(3)4)27-19-39-20-36(27)32(30)25-7-5-6-8-26(25)33-31(32)38/h5-18,27,29-30H,19-20H2,1-4H3,(H,33,38)/b18-11+/t27-,29-,30+,32?/m0/s1. The summed E-state index contributed by atoms with van der Waals surface area (Å²) in [6.45, 7) is 0. The number of amides is 1. The van der Waals surface area contributed by atoms with E-state index in [1.807, 2.05) is 94.6 Å². The number of carbonyl (C=O) groups is 2. The van der Waals surface area contributed by atoms with Crippen molar-refractivity contribution in [1.82, 2.24) is 4.90 Å². The van der Waals surface area contributed by atoms with Gasteiger partial charge in [0.25, 0.3) is 0 Å². The number of benzene rings is 3. The van der Waals surface area contributed by atoms with Crippen LogP contribution in [0.5, 0.6) is 0 Å². The smallest absolute Gasteiger partial charge is 0.250 e. The fraction of sp³-hybridized carbons (Fsp3) is 0.312. The van der Waals surface area contributed by atoms with Gasteiger partial charge < -0.3 is 15.1 Å². The zero-order valence-electron chi connectivity index (χ0n) is 22.8. The van der Waals surface area contributed by atoms with Crippen LogP contribution in [0.2, 0.25) is 0 Å². The molecule has 3 aromatic carbocycles. The van der Waals surface area contributed by atoms with Gasteiger partial charge >= 0.3 is 0 Å². The van der Waals surface area contributed by atoms with E-state index >= 15 is 0 Å². The van der Waals surface area contributed by atoms with Crippen LogP contribution in [0.3, 0.4) is 0 Å². The molecule has 6 rings (SSSR count). The van der Waals surface area contributed by atoms with Crippen LogP contribution in [0.15, 0.2) is 78.9 Å². The van der Waals surface area contributed by atoms with E-state index in [4.69, 9.17) is 0 Å². The number of allylic oxidation sites excluding steroid dienone is 1. The molecular formula is C32H34N4O2S. The summed E-state index contributed by atoms with van der Waals surface area (Å²) in [7, 11) is 8.07. The maximum Gasteiger partial charge on any atom is 0.250 e. The molecule has 2 fully saturated rings. The first kappa shape index (κ1) is 25.7. The monoisotopic (exact) mass is 538 g/mol. The summed E-state index contributed by atoms with van der Waals surface area (Å²) in [6.07, 6.45) is 3.58. The minimum Gasteiger partial charge on any atom is -0.378 e. The number of nitrogens with zero attached hydrogens (tertiary/aromatic N) is 3. The topological polar surface area (TPSA) is 55.9 Å². The van der Waals surface area contributed by atoms with Crippen molar-refractivity contribution >= 4 is 46.6 Å². The lowest BCUT2D eigenvalue weighted by molar-refractivity contribution is -0.134.